The smallest absolute Gasteiger partial charge is 0.186 e. The van der Waals surface area contributed by atoms with Crippen LogP contribution >= 0.6 is 0 Å². The van der Waals surface area contributed by atoms with Gasteiger partial charge in [-0.1, -0.05) is 18.2 Å². The average Bonchev–Trinajstić information content (AvgIpc) is 2.30. The van der Waals surface area contributed by atoms with Crippen LogP contribution in [0, 0.1) is 0 Å². The summed E-state index contributed by atoms with van der Waals surface area (Å²) in [5.74, 6) is 0. The van der Waals surface area contributed by atoms with Gasteiger partial charge in [0.05, 0.1) is 4.90 Å². The van der Waals surface area contributed by atoms with Gasteiger partial charge in [-0.05, 0) is 29.3 Å². The zero-order chi connectivity index (χ0) is 10.7. The third-order valence-electron chi connectivity index (χ3n) is 2.05. The fraction of sp³-hybridized carbons (Fsp3) is 0. The molecular weight excluding hydrogens is 210 g/mol. The second kappa shape index (κ2) is 4.33. The van der Waals surface area contributed by atoms with E-state index in [1.54, 1.807) is 36.7 Å². The Bertz CT molecular complexity index is 468. The number of rotatable bonds is 2. The Hall–Kier alpha value is -1.52. The van der Waals surface area contributed by atoms with Crippen molar-refractivity contribution in [2.45, 2.75) is 4.90 Å². The zero-order valence-electron chi connectivity index (χ0n) is 7.83. The van der Waals surface area contributed by atoms with Crippen molar-refractivity contribution in [3.05, 3.63) is 48.8 Å². The molecule has 0 saturated heterocycles. The van der Waals surface area contributed by atoms with Crippen molar-refractivity contribution < 1.29 is 8.76 Å². The van der Waals surface area contributed by atoms with Crippen LogP contribution in [0.4, 0.5) is 0 Å². The lowest BCUT2D eigenvalue weighted by molar-refractivity contribution is 0.564. The third-order valence-corrected chi connectivity index (χ3v) is 2.73. The van der Waals surface area contributed by atoms with E-state index >= 15 is 0 Å². The van der Waals surface area contributed by atoms with Gasteiger partial charge in [-0.25, -0.2) is 4.21 Å². The summed E-state index contributed by atoms with van der Waals surface area (Å²) in [7, 11) is 0. The van der Waals surface area contributed by atoms with Crippen molar-refractivity contribution >= 4 is 11.1 Å². The van der Waals surface area contributed by atoms with Gasteiger partial charge in [0, 0.05) is 12.4 Å². The van der Waals surface area contributed by atoms with Crippen LogP contribution in [-0.4, -0.2) is 13.7 Å². The molecule has 4 heteroatoms. The highest BCUT2D eigenvalue weighted by atomic mass is 32.2. The molecule has 76 valence electrons. The lowest BCUT2D eigenvalue weighted by atomic mass is 10.1. The number of hydrogen-bond acceptors (Lipinski definition) is 2. The van der Waals surface area contributed by atoms with Crippen molar-refractivity contribution in [3.8, 4) is 11.1 Å². The molecule has 1 unspecified atom stereocenters. The summed E-state index contributed by atoms with van der Waals surface area (Å²) in [5, 5.41) is 0. The Morgan fingerprint density at radius 3 is 2.33 bits per heavy atom. The fourth-order valence-corrected chi connectivity index (χ4v) is 1.67. The van der Waals surface area contributed by atoms with E-state index in [1.165, 1.54) is 0 Å². The highest BCUT2D eigenvalue weighted by Crippen LogP contribution is 2.19. The minimum absolute atomic E-state index is 0.405. The number of aromatic nitrogens is 1. The largest absolute Gasteiger partial charge is 0.302 e. The molecule has 0 aliphatic carbocycles. The average molecular weight is 219 g/mol. The van der Waals surface area contributed by atoms with Gasteiger partial charge in [0.2, 0.25) is 0 Å². The molecule has 0 spiro atoms. The van der Waals surface area contributed by atoms with Crippen LogP contribution in [0.5, 0.6) is 0 Å². The predicted molar refractivity (Wildman–Crippen MR) is 58.7 cm³/mol. The first-order valence-corrected chi connectivity index (χ1v) is 5.49. The van der Waals surface area contributed by atoms with Crippen LogP contribution in [-0.2, 0) is 11.1 Å². The number of benzene rings is 1. The van der Waals surface area contributed by atoms with Crippen LogP contribution in [0.15, 0.2) is 53.7 Å². The van der Waals surface area contributed by atoms with Crippen molar-refractivity contribution in [2.24, 2.45) is 0 Å². The molecule has 0 amide bonds. The Morgan fingerprint density at radius 1 is 1.07 bits per heavy atom. The Labute approximate surface area is 90.1 Å². The molecule has 0 aliphatic heterocycles. The Kier molecular flexibility index (Phi) is 2.89. The number of nitrogens with zero attached hydrogens (tertiary/aromatic N) is 1. The minimum Gasteiger partial charge on any atom is -0.302 e. The molecule has 0 fully saturated rings. The van der Waals surface area contributed by atoms with Crippen LogP contribution in [0.2, 0.25) is 0 Å². The number of hydrogen-bond donors (Lipinski definition) is 1. The SMILES string of the molecule is O=S(O)c1ccc(-c2cccnc2)cc1. The summed E-state index contributed by atoms with van der Waals surface area (Å²) in [5.41, 5.74) is 1.98. The predicted octanol–water partition coefficient (Wildman–Crippen LogP) is 2.33. The van der Waals surface area contributed by atoms with Crippen molar-refractivity contribution in [2.75, 3.05) is 0 Å². The standard InChI is InChI=1S/C11H9NO2S/c13-15(14)11-5-3-9(4-6-11)10-2-1-7-12-8-10/h1-8H,(H,13,14). The van der Waals surface area contributed by atoms with Gasteiger partial charge in [-0.3, -0.25) is 4.98 Å². The van der Waals surface area contributed by atoms with Gasteiger partial charge in [-0.2, -0.15) is 0 Å². The van der Waals surface area contributed by atoms with E-state index in [9.17, 15) is 4.21 Å². The molecule has 1 aromatic heterocycles. The highest BCUT2D eigenvalue weighted by molar-refractivity contribution is 7.79. The first-order valence-electron chi connectivity index (χ1n) is 4.39. The van der Waals surface area contributed by atoms with Crippen LogP contribution in [0.1, 0.15) is 0 Å². The number of pyridine rings is 1. The van der Waals surface area contributed by atoms with Gasteiger partial charge < -0.3 is 4.55 Å². The molecule has 2 aromatic rings. The molecule has 0 bridgehead atoms. The molecule has 2 rings (SSSR count). The molecule has 15 heavy (non-hydrogen) atoms. The zero-order valence-corrected chi connectivity index (χ0v) is 8.65. The van der Waals surface area contributed by atoms with Crippen molar-refractivity contribution in [1.82, 2.24) is 4.98 Å². The third kappa shape index (κ3) is 2.29. The molecular formula is C11H9NO2S. The summed E-state index contributed by atoms with van der Waals surface area (Å²) >= 11 is -1.91. The summed E-state index contributed by atoms with van der Waals surface area (Å²) in [6.45, 7) is 0. The lowest BCUT2D eigenvalue weighted by Gasteiger charge is -2.01. The molecule has 0 radical (unpaired) electrons. The van der Waals surface area contributed by atoms with E-state index in [4.69, 9.17) is 4.55 Å². The first kappa shape index (κ1) is 10.0. The van der Waals surface area contributed by atoms with Crippen LogP contribution < -0.4 is 0 Å². The summed E-state index contributed by atoms with van der Waals surface area (Å²) in [6.07, 6.45) is 3.46. The fourth-order valence-electron chi connectivity index (χ4n) is 1.30. The maximum atomic E-state index is 10.7. The van der Waals surface area contributed by atoms with Crippen molar-refractivity contribution in [3.63, 3.8) is 0 Å². The van der Waals surface area contributed by atoms with E-state index in [2.05, 4.69) is 4.98 Å². The monoisotopic (exact) mass is 219 g/mol. The molecule has 1 atom stereocenters. The molecule has 0 aliphatic rings. The summed E-state index contributed by atoms with van der Waals surface area (Å²) < 4.78 is 19.6. The normalized spacial score (nSPS) is 12.3. The van der Waals surface area contributed by atoms with Gasteiger partial charge in [0.15, 0.2) is 11.1 Å². The maximum absolute atomic E-state index is 10.7. The maximum Gasteiger partial charge on any atom is 0.186 e. The lowest BCUT2D eigenvalue weighted by Crippen LogP contribution is -1.87. The van der Waals surface area contributed by atoms with Gasteiger partial charge in [0.1, 0.15) is 0 Å². The Morgan fingerprint density at radius 2 is 1.80 bits per heavy atom. The highest BCUT2D eigenvalue weighted by Gasteiger charge is 2.00. The van der Waals surface area contributed by atoms with E-state index in [0.29, 0.717) is 4.90 Å². The summed E-state index contributed by atoms with van der Waals surface area (Å²) in [6, 6.07) is 10.7. The second-order valence-corrected chi connectivity index (χ2v) is 3.98. The van der Waals surface area contributed by atoms with Gasteiger partial charge >= 0.3 is 0 Å². The van der Waals surface area contributed by atoms with Gasteiger partial charge in [0.25, 0.3) is 0 Å². The van der Waals surface area contributed by atoms with E-state index in [-0.39, 0.29) is 0 Å². The van der Waals surface area contributed by atoms with Crippen LogP contribution in [0.3, 0.4) is 0 Å². The van der Waals surface area contributed by atoms with E-state index in [0.717, 1.165) is 11.1 Å². The summed E-state index contributed by atoms with van der Waals surface area (Å²) in [4.78, 5) is 4.41. The van der Waals surface area contributed by atoms with Crippen molar-refractivity contribution in [1.29, 1.82) is 0 Å². The topological polar surface area (TPSA) is 50.2 Å². The Balaban J connectivity index is 2.36. The molecule has 1 heterocycles. The van der Waals surface area contributed by atoms with E-state index in [1.807, 2.05) is 12.1 Å². The molecule has 1 aromatic carbocycles. The minimum atomic E-state index is -1.91. The van der Waals surface area contributed by atoms with E-state index < -0.39 is 11.1 Å². The van der Waals surface area contributed by atoms with Gasteiger partial charge in [-0.15, -0.1) is 0 Å². The molecule has 3 nitrogen and oxygen atoms in total. The first-order chi connectivity index (χ1) is 7.27. The molecule has 1 N–H and O–H groups in total. The molecule has 0 saturated carbocycles. The quantitative estimate of drug-likeness (QED) is 0.789. The second-order valence-electron chi connectivity index (χ2n) is 3.02. The van der Waals surface area contributed by atoms with Crippen LogP contribution in [0.25, 0.3) is 11.1 Å².